The van der Waals surface area contributed by atoms with E-state index >= 15 is 0 Å². The van der Waals surface area contributed by atoms with Gasteiger partial charge >= 0.3 is 6.18 Å². The van der Waals surface area contributed by atoms with Crippen LogP contribution >= 0.6 is 0 Å². The lowest BCUT2D eigenvalue weighted by molar-refractivity contribution is -0.138. The zero-order valence-electron chi connectivity index (χ0n) is 11.2. The van der Waals surface area contributed by atoms with Crippen LogP contribution in [-0.4, -0.2) is 24.7 Å². The van der Waals surface area contributed by atoms with Gasteiger partial charge < -0.3 is 4.84 Å². The van der Waals surface area contributed by atoms with Crippen molar-refractivity contribution in [1.29, 1.82) is 0 Å². The average Bonchev–Trinajstić information content (AvgIpc) is 2.68. The number of rotatable bonds is 3. The summed E-state index contributed by atoms with van der Waals surface area (Å²) in [6, 6.07) is 0.753. The molecule has 0 spiro atoms. The Hall–Kier alpha value is -1.64. The van der Waals surface area contributed by atoms with Crippen LogP contribution < -0.4 is 0 Å². The number of alkyl halides is 3. The molecule has 0 radical (unpaired) electrons. The summed E-state index contributed by atoms with van der Waals surface area (Å²) in [7, 11) is -3.21. The molecule has 0 amide bonds. The smallest absolute Gasteiger partial charge is 0.389 e. The molecule has 1 aromatic heterocycles. The molecule has 0 fully saturated rings. The van der Waals surface area contributed by atoms with Gasteiger partial charge in [-0.2, -0.15) is 13.2 Å². The Balaban J connectivity index is 2.51. The SMILES string of the molecule is CC1(C)CC(C(c2cnccc2C(F)(F)F)[SH](=O)=O)=NO1. The van der Waals surface area contributed by atoms with Crippen molar-refractivity contribution in [3.8, 4) is 0 Å². The Morgan fingerprint density at radius 2 is 2.05 bits per heavy atom. The molecule has 2 heterocycles. The van der Waals surface area contributed by atoms with Crippen LogP contribution in [0.4, 0.5) is 13.2 Å². The maximum Gasteiger partial charge on any atom is 0.416 e. The molecule has 1 unspecified atom stereocenters. The van der Waals surface area contributed by atoms with Gasteiger partial charge in [0, 0.05) is 24.4 Å². The second kappa shape index (κ2) is 5.28. The van der Waals surface area contributed by atoms with Crippen molar-refractivity contribution in [1.82, 2.24) is 4.98 Å². The molecule has 1 aromatic rings. The summed E-state index contributed by atoms with van der Waals surface area (Å²) in [4.78, 5) is 8.66. The van der Waals surface area contributed by atoms with Gasteiger partial charge in [-0.1, -0.05) is 5.16 Å². The van der Waals surface area contributed by atoms with E-state index in [1.165, 1.54) is 0 Å². The molecule has 0 N–H and O–H groups in total. The number of hydrogen-bond acceptors (Lipinski definition) is 5. The van der Waals surface area contributed by atoms with E-state index in [9.17, 15) is 21.6 Å². The van der Waals surface area contributed by atoms with E-state index in [4.69, 9.17) is 4.84 Å². The lowest BCUT2D eigenvalue weighted by Gasteiger charge is -2.17. The van der Waals surface area contributed by atoms with E-state index in [1.807, 2.05) is 0 Å². The van der Waals surface area contributed by atoms with Crippen LogP contribution in [0.1, 0.15) is 36.6 Å². The Bertz CT molecular complexity index is 645. The summed E-state index contributed by atoms with van der Waals surface area (Å²) in [5.41, 5.74) is -2.15. The van der Waals surface area contributed by atoms with Crippen LogP contribution in [0.3, 0.4) is 0 Å². The maximum absolute atomic E-state index is 13.0. The summed E-state index contributed by atoms with van der Waals surface area (Å²) in [5.74, 6) is 0. The fraction of sp³-hybridized carbons (Fsp3) is 0.500. The molecular weight excluding hydrogens is 309 g/mol. The van der Waals surface area contributed by atoms with Gasteiger partial charge in [0.25, 0.3) is 0 Å². The zero-order valence-corrected chi connectivity index (χ0v) is 12.1. The van der Waals surface area contributed by atoms with Gasteiger partial charge in [0.05, 0.1) is 11.3 Å². The van der Waals surface area contributed by atoms with Gasteiger partial charge in [0.15, 0.2) is 10.7 Å². The van der Waals surface area contributed by atoms with Crippen molar-refractivity contribution in [3.63, 3.8) is 0 Å². The predicted molar refractivity (Wildman–Crippen MR) is 69.5 cm³/mol. The van der Waals surface area contributed by atoms with Crippen molar-refractivity contribution in [2.75, 3.05) is 0 Å². The Morgan fingerprint density at radius 1 is 1.38 bits per heavy atom. The van der Waals surface area contributed by atoms with Crippen LogP contribution in [-0.2, 0) is 21.7 Å². The monoisotopic (exact) mass is 322 g/mol. The Labute approximate surface area is 120 Å². The first-order valence-electron chi connectivity index (χ1n) is 6.01. The first-order valence-corrected chi connectivity index (χ1v) is 7.26. The minimum atomic E-state index is -4.67. The Kier molecular flexibility index (Phi) is 3.96. The topological polar surface area (TPSA) is 68.6 Å². The highest BCUT2D eigenvalue weighted by Gasteiger charge is 2.41. The van der Waals surface area contributed by atoms with Crippen LogP contribution in [0.5, 0.6) is 0 Å². The van der Waals surface area contributed by atoms with E-state index in [1.54, 1.807) is 13.8 Å². The highest BCUT2D eigenvalue weighted by molar-refractivity contribution is 7.73. The summed E-state index contributed by atoms with van der Waals surface area (Å²) in [6.45, 7) is 3.35. The molecule has 116 valence electrons. The van der Waals surface area contributed by atoms with Gasteiger partial charge in [-0.15, -0.1) is 0 Å². The molecule has 0 saturated carbocycles. The predicted octanol–water partition coefficient (Wildman–Crippen LogP) is 2.31. The Morgan fingerprint density at radius 3 is 2.52 bits per heavy atom. The highest BCUT2D eigenvalue weighted by atomic mass is 32.2. The van der Waals surface area contributed by atoms with Crippen molar-refractivity contribution in [3.05, 3.63) is 29.6 Å². The van der Waals surface area contributed by atoms with Gasteiger partial charge in [0.1, 0.15) is 10.9 Å². The minimum Gasteiger partial charge on any atom is -0.389 e. The molecule has 0 aromatic carbocycles. The van der Waals surface area contributed by atoms with Crippen molar-refractivity contribution < 1.29 is 26.4 Å². The van der Waals surface area contributed by atoms with Crippen molar-refractivity contribution in [2.45, 2.75) is 37.3 Å². The first-order chi connectivity index (χ1) is 9.62. The third-order valence-corrected chi connectivity index (χ3v) is 3.99. The average molecular weight is 322 g/mol. The van der Waals surface area contributed by atoms with Crippen LogP contribution in [0.2, 0.25) is 0 Å². The number of thiol groups is 1. The highest BCUT2D eigenvalue weighted by Crippen LogP contribution is 2.38. The molecule has 2 rings (SSSR count). The summed E-state index contributed by atoms with van der Waals surface area (Å²) in [6.07, 6.45) is -2.66. The lowest BCUT2D eigenvalue weighted by Crippen LogP contribution is -2.23. The second-order valence-corrected chi connectivity index (χ2v) is 6.35. The third-order valence-electron chi connectivity index (χ3n) is 3.00. The molecule has 5 nitrogen and oxygen atoms in total. The number of oxime groups is 1. The number of aromatic nitrogens is 1. The van der Waals surface area contributed by atoms with Crippen molar-refractivity contribution in [2.24, 2.45) is 5.16 Å². The number of halogens is 3. The van der Waals surface area contributed by atoms with Gasteiger partial charge in [-0.05, 0) is 19.9 Å². The molecule has 21 heavy (non-hydrogen) atoms. The molecule has 0 saturated heterocycles. The molecule has 9 heteroatoms. The van der Waals surface area contributed by atoms with E-state index < -0.39 is 38.9 Å². The van der Waals surface area contributed by atoms with E-state index in [-0.39, 0.29) is 12.1 Å². The van der Waals surface area contributed by atoms with E-state index in [0.717, 1.165) is 18.5 Å². The fourth-order valence-corrected chi connectivity index (χ4v) is 2.94. The summed E-state index contributed by atoms with van der Waals surface area (Å²) < 4.78 is 62.0. The van der Waals surface area contributed by atoms with Crippen LogP contribution in [0.25, 0.3) is 0 Å². The number of hydrogen-bond donors (Lipinski definition) is 1. The van der Waals surface area contributed by atoms with Gasteiger partial charge in [-0.25, -0.2) is 8.42 Å². The van der Waals surface area contributed by atoms with E-state index in [2.05, 4.69) is 10.1 Å². The van der Waals surface area contributed by atoms with Gasteiger partial charge in [0.2, 0.25) is 0 Å². The first kappa shape index (κ1) is 15.7. The molecule has 1 atom stereocenters. The van der Waals surface area contributed by atoms with Gasteiger partial charge in [-0.3, -0.25) is 4.98 Å². The molecule has 0 aliphatic carbocycles. The zero-order chi connectivity index (χ0) is 15.8. The summed E-state index contributed by atoms with van der Waals surface area (Å²) in [5, 5.41) is 2.15. The second-order valence-electron chi connectivity index (χ2n) is 5.26. The summed E-state index contributed by atoms with van der Waals surface area (Å²) >= 11 is 0. The third kappa shape index (κ3) is 3.34. The lowest BCUT2D eigenvalue weighted by atomic mass is 9.96. The quantitative estimate of drug-likeness (QED) is 0.867. The normalized spacial score (nSPS) is 19.2. The molecule has 1 aliphatic heterocycles. The fourth-order valence-electron chi connectivity index (χ4n) is 2.13. The number of nitrogens with zero attached hydrogens (tertiary/aromatic N) is 2. The van der Waals surface area contributed by atoms with Crippen LogP contribution in [0, 0.1) is 0 Å². The van der Waals surface area contributed by atoms with Crippen molar-refractivity contribution >= 4 is 16.4 Å². The molecule has 0 bridgehead atoms. The molecular formula is C12H13F3N2O3S. The largest absolute Gasteiger partial charge is 0.416 e. The standard InChI is InChI=1S/C12H13F3N2O3S/c1-11(2)5-9(17-20-11)10(21(18)19)7-6-16-4-3-8(7)12(13,14)15/h3-4,6,10,21H,5H2,1-2H3. The number of pyridine rings is 1. The van der Waals surface area contributed by atoms with E-state index in [0.29, 0.717) is 0 Å². The van der Waals surface area contributed by atoms with Crippen LogP contribution in [0.15, 0.2) is 23.6 Å². The maximum atomic E-state index is 13.0. The molecule has 1 aliphatic rings. The minimum absolute atomic E-state index is 0.0506.